The molecular weight excluding hydrogens is 685 g/mol. The van der Waals surface area contributed by atoms with Crippen molar-refractivity contribution in [1.29, 1.82) is 0 Å². The highest BCUT2D eigenvalue weighted by molar-refractivity contribution is 6.06. The Kier molecular flexibility index (Phi) is 7.38. The second-order valence-electron chi connectivity index (χ2n) is 13.9. The van der Waals surface area contributed by atoms with Crippen molar-refractivity contribution in [3.63, 3.8) is 0 Å². The van der Waals surface area contributed by atoms with E-state index in [9.17, 15) is 0 Å². The SMILES string of the molecule is c1ccc(-c2ccc(-c3nc(-c4ccccc4)nc(-c4c(N5c6ccccc6-c6ccccc6-n6c5nc5ccccc56)ccc5ccccc45)n3)cc2)cc1. The lowest BCUT2D eigenvalue weighted by Gasteiger charge is -2.27. The molecule has 0 spiro atoms. The molecule has 2 aromatic heterocycles. The molecule has 1 aliphatic heterocycles. The molecular formula is C50H32N6. The van der Waals surface area contributed by atoms with Crippen molar-refractivity contribution in [2.75, 3.05) is 4.90 Å². The first kappa shape index (κ1) is 31.8. The summed E-state index contributed by atoms with van der Waals surface area (Å²) in [5, 5.41) is 2.11. The first-order valence-electron chi connectivity index (χ1n) is 18.7. The Balaban J connectivity index is 1.20. The zero-order valence-electron chi connectivity index (χ0n) is 30.2. The van der Waals surface area contributed by atoms with Crippen LogP contribution in [0.1, 0.15) is 0 Å². The summed E-state index contributed by atoms with van der Waals surface area (Å²) in [7, 11) is 0. The van der Waals surface area contributed by atoms with Crippen molar-refractivity contribution in [2.45, 2.75) is 0 Å². The van der Waals surface area contributed by atoms with Gasteiger partial charge in [0.1, 0.15) is 0 Å². The van der Waals surface area contributed by atoms with Crippen LogP contribution >= 0.6 is 0 Å². The molecule has 262 valence electrons. The van der Waals surface area contributed by atoms with E-state index < -0.39 is 0 Å². The van der Waals surface area contributed by atoms with Gasteiger partial charge in [-0.15, -0.1) is 0 Å². The summed E-state index contributed by atoms with van der Waals surface area (Å²) in [6.07, 6.45) is 0. The summed E-state index contributed by atoms with van der Waals surface area (Å²) in [5.41, 5.74) is 12.2. The van der Waals surface area contributed by atoms with Crippen LogP contribution in [0, 0.1) is 0 Å². The van der Waals surface area contributed by atoms with Crippen LogP contribution in [0.2, 0.25) is 0 Å². The van der Waals surface area contributed by atoms with E-state index >= 15 is 0 Å². The third-order valence-corrected chi connectivity index (χ3v) is 10.6. The van der Waals surface area contributed by atoms with Gasteiger partial charge in [-0.25, -0.2) is 19.9 Å². The Hall–Kier alpha value is -7.70. The third-order valence-electron chi connectivity index (χ3n) is 10.6. The van der Waals surface area contributed by atoms with Gasteiger partial charge < -0.3 is 0 Å². The fourth-order valence-electron chi connectivity index (χ4n) is 8.00. The summed E-state index contributed by atoms with van der Waals surface area (Å²) in [6, 6.07) is 67.4. The number of benzene rings is 8. The Morgan fingerprint density at radius 2 is 0.875 bits per heavy atom. The summed E-state index contributed by atoms with van der Waals surface area (Å²) >= 11 is 0. The minimum Gasteiger partial charge on any atom is -0.279 e. The van der Waals surface area contributed by atoms with Gasteiger partial charge in [-0.2, -0.15) is 0 Å². The first-order valence-corrected chi connectivity index (χ1v) is 18.7. The van der Waals surface area contributed by atoms with Crippen molar-refractivity contribution < 1.29 is 0 Å². The van der Waals surface area contributed by atoms with Gasteiger partial charge in [0.15, 0.2) is 17.5 Å². The number of para-hydroxylation sites is 4. The standard InChI is InChI=1S/C50H32N6/c1-3-15-33(16-4-1)34-27-29-37(30-28-34)48-52-47(36-18-5-2-6-19-36)53-49(54-48)46-38-20-8-7-17-35(38)31-32-45(46)56-43-25-13-10-22-40(43)39-21-9-12-24-42(39)55-44-26-14-11-23-41(44)51-50(55)56/h1-32H. The van der Waals surface area contributed by atoms with Gasteiger partial charge in [0.25, 0.3) is 0 Å². The Bertz CT molecular complexity index is 3080. The molecule has 0 saturated heterocycles. The van der Waals surface area contributed by atoms with Crippen molar-refractivity contribution >= 4 is 39.1 Å². The monoisotopic (exact) mass is 716 g/mol. The number of hydrogen-bond donors (Lipinski definition) is 0. The molecule has 10 aromatic rings. The van der Waals surface area contributed by atoms with Gasteiger partial charge in [0.2, 0.25) is 5.95 Å². The molecule has 0 amide bonds. The van der Waals surface area contributed by atoms with Gasteiger partial charge in [-0.3, -0.25) is 9.47 Å². The Morgan fingerprint density at radius 3 is 1.64 bits per heavy atom. The molecule has 0 bridgehead atoms. The lowest BCUT2D eigenvalue weighted by atomic mass is 9.98. The summed E-state index contributed by atoms with van der Waals surface area (Å²) in [6.45, 7) is 0. The predicted octanol–water partition coefficient (Wildman–Crippen LogP) is 12.5. The van der Waals surface area contributed by atoms with E-state index in [-0.39, 0.29) is 0 Å². The van der Waals surface area contributed by atoms with E-state index in [0.717, 1.165) is 83.8 Å². The van der Waals surface area contributed by atoms with Gasteiger partial charge in [-0.05, 0) is 52.2 Å². The number of anilines is 3. The maximum atomic E-state index is 5.38. The second-order valence-corrected chi connectivity index (χ2v) is 13.9. The number of hydrogen-bond acceptors (Lipinski definition) is 5. The van der Waals surface area contributed by atoms with Gasteiger partial charge in [0.05, 0.1) is 33.7 Å². The van der Waals surface area contributed by atoms with E-state index in [1.807, 2.05) is 30.3 Å². The molecule has 6 nitrogen and oxygen atoms in total. The summed E-state index contributed by atoms with van der Waals surface area (Å²) < 4.78 is 2.28. The number of nitrogens with zero attached hydrogens (tertiary/aromatic N) is 6. The predicted molar refractivity (Wildman–Crippen MR) is 227 cm³/mol. The van der Waals surface area contributed by atoms with Gasteiger partial charge in [0, 0.05) is 22.3 Å². The highest BCUT2D eigenvalue weighted by Gasteiger charge is 2.31. The third kappa shape index (κ3) is 5.19. The van der Waals surface area contributed by atoms with Gasteiger partial charge in [-0.1, -0.05) is 164 Å². The minimum atomic E-state index is 0.578. The smallest absolute Gasteiger partial charge is 0.220 e. The molecule has 0 unspecified atom stereocenters. The van der Waals surface area contributed by atoms with Crippen LogP contribution in [-0.2, 0) is 0 Å². The summed E-state index contributed by atoms with van der Waals surface area (Å²) in [5.74, 6) is 2.57. The first-order chi connectivity index (χ1) is 27.8. The fourth-order valence-corrected chi connectivity index (χ4v) is 8.00. The lowest BCUT2D eigenvalue weighted by Crippen LogP contribution is -2.16. The normalized spacial score (nSPS) is 11.9. The average Bonchev–Trinajstić information content (AvgIpc) is 3.60. The molecule has 8 aromatic carbocycles. The van der Waals surface area contributed by atoms with Crippen LogP contribution in [-0.4, -0.2) is 24.5 Å². The molecule has 1 aliphatic rings. The molecule has 0 N–H and O–H groups in total. The number of imidazole rings is 1. The van der Waals surface area contributed by atoms with Crippen molar-refractivity contribution in [2.24, 2.45) is 0 Å². The molecule has 56 heavy (non-hydrogen) atoms. The molecule has 6 heteroatoms. The average molecular weight is 717 g/mol. The maximum Gasteiger partial charge on any atom is 0.220 e. The van der Waals surface area contributed by atoms with Crippen molar-refractivity contribution in [3.05, 3.63) is 194 Å². The number of rotatable bonds is 5. The van der Waals surface area contributed by atoms with Gasteiger partial charge >= 0.3 is 0 Å². The summed E-state index contributed by atoms with van der Waals surface area (Å²) in [4.78, 5) is 23.4. The maximum absolute atomic E-state index is 5.38. The van der Waals surface area contributed by atoms with E-state index in [0.29, 0.717) is 17.5 Å². The molecule has 0 saturated carbocycles. The molecule has 0 radical (unpaired) electrons. The lowest BCUT2D eigenvalue weighted by molar-refractivity contribution is 1.04. The molecule has 0 fully saturated rings. The molecule has 11 rings (SSSR count). The van der Waals surface area contributed by atoms with Crippen LogP contribution in [0.3, 0.4) is 0 Å². The number of aromatic nitrogens is 5. The Morgan fingerprint density at radius 1 is 0.339 bits per heavy atom. The highest BCUT2D eigenvalue weighted by atomic mass is 15.3. The second kappa shape index (κ2) is 13.0. The van der Waals surface area contributed by atoms with E-state index in [1.54, 1.807) is 0 Å². The van der Waals surface area contributed by atoms with E-state index in [1.165, 1.54) is 0 Å². The van der Waals surface area contributed by atoms with Crippen LogP contribution in [0.15, 0.2) is 194 Å². The zero-order valence-corrected chi connectivity index (χ0v) is 30.2. The fraction of sp³-hybridized carbons (Fsp3) is 0. The van der Waals surface area contributed by atoms with Crippen LogP contribution < -0.4 is 4.90 Å². The highest BCUT2D eigenvalue weighted by Crippen LogP contribution is 2.50. The number of fused-ring (bicyclic) bond motifs is 8. The quantitative estimate of drug-likeness (QED) is 0.177. The van der Waals surface area contributed by atoms with E-state index in [4.69, 9.17) is 19.9 Å². The Labute approximate surface area is 323 Å². The molecule has 0 atom stereocenters. The van der Waals surface area contributed by atoms with Crippen LogP contribution in [0.4, 0.5) is 17.3 Å². The van der Waals surface area contributed by atoms with E-state index in [2.05, 4.69) is 173 Å². The minimum absolute atomic E-state index is 0.578. The van der Waals surface area contributed by atoms with Crippen molar-refractivity contribution in [1.82, 2.24) is 24.5 Å². The molecule has 0 aliphatic carbocycles. The zero-order chi connectivity index (χ0) is 37.0. The van der Waals surface area contributed by atoms with Crippen molar-refractivity contribution in [3.8, 4) is 62.1 Å². The van der Waals surface area contributed by atoms with Crippen LogP contribution in [0.25, 0.3) is 83.9 Å². The molecule has 3 heterocycles. The topological polar surface area (TPSA) is 59.7 Å². The largest absolute Gasteiger partial charge is 0.279 e. The van der Waals surface area contributed by atoms with Crippen LogP contribution in [0.5, 0.6) is 0 Å².